The molecule has 1 heterocycles. The van der Waals surface area contributed by atoms with E-state index in [1.165, 1.54) is 22.3 Å². The molecule has 1 aliphatic carbocycles. The topological polar surface area (TPSA) is 59.0 Å². The molecule has 1 amide bonds. The van der Waals surface area contributed by atoms with Crippen molar-refractivity contribution in [2.24, 2.45) is 0 Å². The number of hydrogen-bond donors (Lipinski definition) is 1. The van der Waals surface area contributed by atoms with E-state index in [4.69, 9.17) is 9.47 Å². The van der Waals surface area contributed by atoms with E-state index in [2.05, 4.69) is 24.3 Å². The van der Waals surface area contributed by atoms with Crippen LogP contribution in [0.5, 0.6) is 0 Å². The molecule has 0 unspecified atom stereocenters. The van der Waals surface area contributed by atoms with Crippen LogP contribution in [-0.4, -0.2) is 55.1 Å². The summed E-state index contributed by atoms with van der Waals surface area (Å²) in [6.45, 7) is 2.23. The number of amides is 1. The summed E-state index contributed by atoms with van der Waals surface area (Å²) < 4.78 is 11.2. The molecule has 4 rings (SSSR count). The largest absolute Gasteiger partial charge is 0.448 e. The van der Waals surface area contributed by atoms with Crippen molar-refractivity contribution >= 4 is 6.09 Å². The molecule has 2 aromatic carbocycles. The summed E-state index contributed by atoms with van der Waals surface area (Å²) in [5.74, 6) is 0.0609. The van der Waals surface area contributed by atoms with Crippen molar-refractivity contribution in [1.82, 2.24) is 4.90 Å². The third-order valence-corrected chi connectivity index (χ3v) is 5.76. The van der Waals surface area contributed by atoms with Gasteiger partial charge in [-0.1, -0.05) is 48.5 Å². The van der Waals surface area contributed by atoms with Crippen molar-refractivity contribution in [2.75, 3.05) is 33.0 Å². The van der Waals surface area contributed by atoms with Crippen LogP contribution < -0.4 is 0 Å². The van der Waals surface area contributed by atoms with Crippen molar-refractivity contribution in [3.05, 3.63) is 59.7 Å². The monoisotopic (exact) mass is 381 g/mol. The molecule has 2 aromatic rings. The first kappa shape index (κ1) is 19.0. The molecule has 0 bridgehead atoms. The summed E-state index contributed by atoms with van der Waals surface area (Å²) in [6.07, 6.45) is 1.90. The Balaban J connectivity index is 1.49. The fraction of sp³-hybridized carbons (Fsp3) is 0.435. The molecule has 2 aliphatic rings. The first-order valence-electron chi connectivity index (χ1n) is 10.1. The van der Waals surface area contributed by atoms with Gasteiger partial charge in [0.25, 0.3) is 0 Å². The second kappa shape index (κ2) is 8.76. The van der Waals surface area contributed by atoms with Crippen LogP contribution in [0, 0.1) is 0 Å². The Morgan fingerprint density at radius 2 is 1.64 bits per heavy atom. The number of aliphatic hydroxyl groups is 1. The lowest BCUT2D eigenvalue weighted by atomic mass is 9.98. The molecule has 1 aliphatic heterocycles. The molecule has 1 saturated heterocycles. The molecule has 5 heteroatoms. The Labute approximate surface area is 165 Å². The molecular weight excluding hydrogens is 354 g/mol. The van der Waals surface area contributed by atoms with Gasteiger partial charge < -0.3 is 19.5 Å². The van der Waals surface area contributed by atoms with Gasteiger partial charge in [0, 0.05) is 38.3 Å². The molecule has 0 atom stereocenters. The maximum Gasteiger partial charge on any atom is 0.410 e. The van der Waals surface area contributed by atoms with E-state index in [9.17, 15) is 9.90 Å². The minimum atomic E-state index is -0.290. The van der Waals surface area contributed by atoms with Gasteiger partial charge >= 0.3 is 6.09 Å². The quantitative estimate of drug-likeness (QED) is 0.827. The number of aliphatic hydroxyl groups excluding tert-OH is 1. The van der Waals surface area contributed by atoms with Gasteiger partial charge in [-0.15, -0.1) is 0 Å². The average molecular weight is 381 g/mol. The van der Waals surface area contributed by atoms with Crippen LogP contribution in [0.4, 0.5) is 4.79 Å². The average Bonchev–Trinajstić information content (AvgIpc) is 3.07. The summed E-state index contributed by atoms with van der Waals surface area (Å²) in [4.78, 5) is 14.7. The molecule has 28 heavy (non-hydrogen) atoms. The van der Waals surface area contributed by atoms with E-state index < -0.39 is 0 Å². The smallest absolute Gasteiger partial charge is 0.410 e. The standard InChI is InChI=1S/C23H27NO4/c25-13-5-12-24(17-10-14-27-15-11-17)23(26)28-16-22-20-8-3-1-6-18(20)19-7-2-4-9-21(19)22/h1-4,6-9,17,22,25H,5,10-16H2. The first-order chi connectivity index (χ1) is 13.8. The number of hydrogen-bond acceptors (Lipinski definition) is 4. The second-order valence-corrected chi connectivity index (χ2v) is 7.42. The molecule has 0 radical (unpaired) electrons. The van der Waals surface area contributed by atoms with Crippen LogP contribution in [0.15, 0.2) is 48.5 Å². The number of benzene rings is 2. The lowest BCUT2D eigenvalue weighted by Crippen LogP contribution is -2.44. The zero-order chi connectivity index (χ0) is 19.3. The Hall–Kier alpha value is -2.37. The van der Waals surface area contributed by atoms with Crippen LogP contribution >= 0.6 is 0 Å². The van der Waals surface area contributed by atoms with Gasteiger partial charge in [-0.25, -0.2) is 4.79 Å². The summed E-state index contributed by atoms with van der Waals surface area (Å²) in [5, 5.41) is 9.21. The van der Waals surface area contributed by atoms with Crippen molar-refractivity contribution < 1.29 is 19.4 Å². The van der Waals surface area contributed by atoms with Gasteiger partial charge in [-0.05, 0) is 41.5 Å². The Morgan fingerprint density at radius 3 is 2.25 bits per heavy atom. The highest BCUT2D eigenvalue weighted by Crippen LogP contribution is 2.44. The molecule has 1 fully saturated rings. The van der Waals surface area contributed by atoms with Crippen molar-refractivity contribution in [3.8, 4) is 11.1 Å². The van der Waals surface area contributed by atoms with Crippen LogP contribution in [0.1, 0.15) is 36.3 Å². The van der Waals surface area contributed by atoms with Gasteiger partial charge in [-0.3, -0.25) is 0 Å². The number of rotatable bonds is 6. The highest BCUT2D eigenvalue weighted by Gasteiger charge is 2.31. The van der Waals surface area contributed by atoms with Gasteiger partial charge in [0.1, 0.15) is 6.61 Å². The molecule has 0 aromatic heterocycles. The molecular formula is C23H27NO4. The Bertz CT molecular complexity index is 770. The minimum absolute atomic E-state index is 0.0609. The summed E-state index contributed by atoms with van der Waals surface area (Å²) in [6, 6.07) is 16.8. The zero-order valence-corrected chi connectivity index (χ0v) is 16.0. The summed E-state index contributed by atoms with van der Waals surface area (Å²) >= 11 is 0. The molecule has 148 valence electrons. The molecule has 5 nitrogen and oxygen atoms in total. The maximum absolute atomic E-state index is 12.9. The van der Waals surface area contributed by atoms with Crippen molar-refractivity contribution in [3.63, 3.8) is 0 Å². The fourth-order valence-electron chi connectivity index (χ4n) is 4.34. The molecule has 0 spiro atoms. The zero-order valence-electron chi connectivity index (χ0n) is 16.0. The van der Waals surface area contributed by atoms with E-state index in [-0.39, 0.29) is 24.7 Å². The van der Waals surface area contributed by atoms with E-state index in [1.807, 2.05) is 24.3 Å². The third kappa shape index (κ3) is 3.77. The van der Waals surface area contributed by atoms with Crippen LogP contribution in [0.3, 0.4) is 0 Å². The van der Waals surface area contributed by atoms with Crippen LogP contribution in [0.25, 0.3) is 11.1 Å². The minimum Gasteiger partial charge on any atom is -0.448 e. The number of carbonyl (C=O) groups excluding carboxylic acids is 1. The lowest BCUT2D eigenvalue weighted by Gasteiger charge is -2.33. The van der Waals surface area contributed by atoms with E-state index in [0.717, 1.165) is 12.8 Å². The highest BCUT2D eigenvalue weighted by molar-refractivity contribution is 5.79. The highest BCUT2D eigenvalue weighted by atomic mass is 16.6. The number of ether oxygens (including phenoxy) is 2. The Kier molecular flexibility index (Phi) is 5.93. The van der Waals surface area contributed by atoms with Crippen molar-refractivity contribution in [2.45, 2.75) is 31.2 Å². The van der Waals surface area contributed by atoms with Gasteiger partial charge in [0.05, 0.1) is 0 Å². The lowest BCUT2D eigenvalue weighted by molar-refractivity contribution is 0.0238. The van der Waals surface area contributed by atoms with Gasteiger partial charge in [0.15, 0.2) is 0 Å². The van der Waals surface area contributed by atoms with E-state index >= 15 is 0 Å². The predicted molar refractivity (Wildman–Crippen MR) is 107 cm³/mol. The van der Waals surface area contributed by atoms with Gasteiger partial charge in [0.2, 0.25) is 0 Å². The predicted octanol–water partition coefficient (Wildman–Crippen LogP) is 3.80. The number of fused-ring (bicyclic) bond motifs is 3. The SMILES string of the molecule is O=C(OCC1c2ccccc2-c2ccccc21)N(CCCO)C1CCOCC1. The molecule has 0 saturated carbocycles. The van der Waals surface area contributed by atoms with Crippen LogP contribution in [-0.2, 0) is 9.47 Å². The third-order valence-electron chi connectivity index (χ3n) is 5.76. The molecule has 1 N–H and O–H groups in total. The van der Waals surface area contributed by atoms with E-state index in [0.29, 0.717) is 32.8 Å². The fourth-order valence-corrected chi connectivity index (χ4v) is 4.34. The van der Waals surface area contributed by atoms with E-state index in [1.54, 1.807) is 4.90 Å². The second-order valence-electron chi connectivity index (χ2n) is 7.42. The summed E-state index contributed by atoms with van der Waals surface area (Å²) in [5.41, 5.74) is 4.87. The van der Waals surface area contributed by atoms with Crippen molar-refractivity contribution in [1.29, 1.82) is 0 Å². The normalized spacial score (nSPS) is 16.5. The Morgan fingerprint density at radius 1 is 1.04 bits per heavy atom. The summed E-state index contributed by atoms with van der Waals surface area (Å²) in [7, 11) is 0. The van der Waals surface area contributed by atoms with Crippen LogP contribution in [0.2, 0.25) is 0 Å². The van der Waals surface area contributed by atoms with Gasteiger partial charge in [-0.2, -0.15) is 0 Å². The number of carbonyl (C=O) groups is 1. The number of nitrogens with zero attached hydrogens (tertiary/aromatic N) is 1. The first-order valence-corrected chi connectivity index (χ1v) is 10.1. The maximum atomic E-state index is 12.9.